The molecule has 0 spiro atoms. The molecule has 0 saturated carbocycles. The van der Waals surface area contributed by atoms with Crippen LogP contribution < -0.4 is 15.0 Å². The Morgan fingerprint density at radius 1 is 1.04 bits per heavy atom. The molecule has 1 saturated heterocycles. The Morgan fingerprint density at radius 3 is 2.30 bits per heavy atom. The Bertz CT molecular complexity index is 727. The second-order valence-electron chi connectivity index (χ2n) is 6.91. The lowest BCUT2D eigenvalue weighted by molar-refractivity contribution is -0.872. The Kier molecular flexibility index (Phi) is 7.50. The quantitative estimate of drug-likeness (QED) is 0.711. The van der Waals surface area contributed by atoms with Crippen LogP contribution in [-0.4, -0.2) is 38.1 Å². The van der Waals surface area contributed by atoms with Crippen molar-refractivity contribution < 1.29 is 14.4 Å². The van der Waals surface area contributed by atoms with Crippen LogP contribution in [0.1, 0.15) is 21.3 Å². The molecule has 1 heterocycles. The SMILES string of the molecule is C[NH+](C)Cc1ccc(CNC(=O)COc2ccc(C3SCCS3)cc2)cc1. The minimum absolute atomic E-state index is 0.0361. The topological polar surface area (TPSA) is 42.8 Å². The molecule has 0 radical (unpaired) electrons. The monoisotopic (exact) mass is 403 g/mol. The molecule has 3 rings (SSSR count). The van der Waals surface area contributed by atoms with Crippen molar-refractivity contribution in [1.29, 1.82) is 0 Å². The zero-order valence-electron chi connectivity index (χ0n) is 15.9. The molecular formula is C21H27N2O2S2+. The van der Waals surface area contributed by atoms with Gasteiger partial charge in [-0.25, -0.2) is 0 Å². The number of carbonyl (C=O) groups is 1. The van der Waals surface area contributed by atoms with Crippen molar-refractivity contribution >= 4 is 29.4 Å². The fourth-order valence-corrected chi connectivity index (χ4v) is 5.72. The summed E-state index contributed by atoms with van der Waals surface area (Å²) in [6.45, 7) is 1.55. The zero-order valence-corrected chi connectivity index (χ0v) is 17.5. The Labute approximate surface area is 170 Å². The number of nitrogens with one attached hydrogen (secondary N) is 2. The van der Waals surface area contributed by atoms with E-state index in [4.69, 9.17) is 4.74 Å². The lowest BCUT2D eigenvalue weighted by Crippen LogP contribution is -3.04. The van der Waals surface area contributed by atoms with E-state index in [9.17, 15) is 4.79 Å². The van der Waals surface area contributed by atoms with Gasteiger partial charge in [-0.05, 0) is 23.3 Å². The Balaban J connectivity index is 1.40. The third kappa shape index (κ3) is 6.48. The molecule has 0 bridgehead atoms. The van der Waals surface area contributed by atoms with Crippen molar-refractivity contribution in [2.24, 2.45) is 0 Å². The fourth-order valence-electron chi connectivity index (χ4n) is 2.86. The van der Waals surface area contributed by atoms with E-state index in [1.807, 2.05) is 35.7 Å². The van der Waals surface area contributed by atoms with Gasteiger partial charge in [-0.15, -0.1) is 23.5 Å². The maximum Gasteiger partial charge on any atom is 0.258 e. The summed E-state index contributed by atoms with van der Waals surface area (Å²) in [6.07, 6.45) is 0. The van der Waals surface area contributed by atoms with Crippen LogP contribution in [0.3, 0.4) is 0 Å². The van der Waals surface area contributed by atoms with E-state index in [-0.39, 0.29) is 12.5 Å². The second-order valence-corrected chi connectivity index (χ2v) is 9.63. The molecule has 1 amide bonds. The maximum absolute atomic E-state index is 12.0. The lowest BCUT2D eigenvalue weighted by Gasteiger charge is -2.11. The lowest BCUT2D eigenvalue weighted by atomic mass is 10.1. The number of ether oxygens (including phenoxy) is 1. The van der Waals surface area contributed by atoms with Gasteiger partial charge in [0.25, 0.3) is 5.91 Å². The van der Waals surface area contributed by atoms with Gasteiger partial charge in [0, 0.05) is 23.6 Å². The average molecular weight is 404 g/mol. The molecule has 0 aliphatic carbocycles. The molecule has 1 aliphatic rings. The molecule has 2 aromatic rings. The maximum atomic E-state index is 12.0. The number of amides is 1. The number of quaternary nitrogens is 1. The number of hydrogen-bond acceptors (Lipinski definition) is 4. The van der Waals surface area contributed by atoms with E-state index in [1.165, 1.54) is 27.5 Å². The first-order chi connectivity index (χ1) is 13.1. The molecule has 144 valence electrons. The summed E-state index contributed by atoms with van der Waals surface area (Å²) in [5.74, 6) is 3.06. The second kappa shape index (κ2) is 10.1. The van der Waals surface area contributed by atoms with E-state index in [0.29, 0.717) is 11.1 Å². The molecule has 1 fully saturated rings. The number of hydrogen-bond donors (Lipinski definition) is 2. The normalized spacial score (nSPS) is 14.5. The highest BCUT2D eigenvalue weighted by molar-refractivity contribution is 8.19. The van der Waals surface area contributed by atoms with Crippen LogP contribution in [0.15, 0.2) is 48.5 Å². The van der Waals surface area contributed by atoms with Gasteiger partial charge in [-0.3, -0.25) is 4.79 Å². The molecule has 6 heteroatoms. The van der Waals surface area contributed by atoms with E-state index in [2.05, 4.69) is 55.8 Å². The van der Waals surface area contributed by atoms with Crippen LogP contribution in [-0.2, 0) is 17.9 Å². The van der Waals surface area contributed by atoms with Crippen molar-refractivity contribution in [2.45, 2.75) is 17.7 Å². The molecule has 0 aromatic heterocycles. The van der Waals surface area contributed by atoms with Crippen LogP contribution in [0.25, 0.3) is 0 Å². The third-order valence-corrected chi connectivity index (χ3v) is 7.32. The largest absolute Gasteiger partial charge is 0.484 e. The van der Waals surface area contributed by atoms with Crippen LogP contribution in [0, 0.1) is 0 Å². The number of thioether (sulfide) groups is 2. The highest BCUT2D eigenvalue weighted by Gasteiger charge is 2.17. The van der Waals surface area contributed by atoms with Crippen LogP contribution in [0.2, 0.25) is 0 Å². The smallest absolute Gasteiger partial charge is 0.258 e. The summed E-state index contributed by atoms with van der Waals surface area (Å²) < 4.78 is 6.14. The molecule has 4 nitrogen and oxygen atoms in total. The first-order valence-corrected chi connectivity index (χ1v) is 11.3. The fraction of sp³-hybridized carbons (Fsp3) is 0.381. The van der Waals surface area contributed by atoms with Crippen molar-refractivity contribution in [1.82, 2.24) is 5.32 Å². The van der Waals surface area contributed by atoms with Gasteiger partial charge in [0.05, 0.1) is 18.7 Å². The standard InChI is InChI=1S/C21H26N2O2S2/c1-23(2)14-17-5-3-16(4-6-17)13-22-20(24)15-25-19-9-7-18(8-10-19)21-26-11-12-27-21/h3-10,21H,11-15H2,1-2H3,(H,22,24)/p+1. The highest BCUT2D eigenvalue weighted by Crippen LogP contribution is 2.45. The van der Waals surface area contributed by atoms with E-state index >= 15 is 0 Å². The molecule has 1 aliphatic heterocycles. The Morgan fingerprint density at radius 2 is 1.67 bits per heavy atom. The van der Waals surface area contributed by atoms with E-state index < -0.39 is 0 Å². The summed E-state index contributed by atoms with van der Waals surface area (Å²) in [4.78, 5) is 13.4. The molecule has 27 heavy (non-hydrogen) atoms. The van der Waals surface area contributed by atoms with Gasteiger partial charge in [0.1, 0.15) is 12.3 Å². The summed E-state index contributed by atoms with van der Waals surface area (Å²) >= 11 is 3.97. The van der Waals surface area contributed by atoms with Crippen LogP contribution in [0.4, 0.5) is 0 Å². The summed E-state index contributed by atoms with van der Waals surface area (Å²) in [5.41, 5.74) is 3.71. The summed E-state index contributed by atoms with van der Waals surface area (Å²) in [6, 6.07) is 16.5. The zero-order chi connectivity index (χ0) is 19.1. The predicted octanol–water partition coefficient (Wildman–Crippen LogP) is 2.50. The van der Waals surface area contributed by atoms with Gasteiger partial charge in [-0.1, -0.05) is 36.4 Å². The molecular weight excluding hydrogens is 376 g/mol. The van der Waals surface area contributed by atoms with Crippen LogP contribution in [0.5, 0.6) is 5.75 Å². The number of carbonyl (C=O) groups excluding carboxylic acids is 1. The van der Waals surface area contributed by atoms with Crippen LogP contribution >= 0.6 is 23.5 Å². The average Bonchev–Trinajstić information content (AvgIpc) is 3.20. The summed E-state index contributed by atoms with van der Waals surface area (Å²) in [7, 11) is 4.27. The van der Waals surface area contributed by atoms with Crippen molar-refractivity contribution in [3.63, 3.8) is 0 Å². The summed E-state index contributed by atoms with van der Waals surface area (Å²) in [5, 5.41) is 2.91. The Hall–Kier alpha value is -1.63. The van der Waals surface area contributed by atoms with E-state index in [1.54, 1.807) is 0 Å². The van der Waals surface area contributed by atoms with Gasteiger partial charge >= 0.3 is 0 Å². The van der Waals surface area contributed by atoms with Crippen molar-refractivity contribution in [2.75, 3.05) is 32.2 Å². The minimum atomic E-state index is -0.109. The first-order valence-electron chi connectivity index (χ1n) is 9.19. The van der Waals surface area contributed by atoms with Gasteiger partial charge in [-0.2, -0.15) is 0 Å². The van der Waals surface area contributed by atoms with Crippen molar-refractivity contribution in [3.05, 3.63) is 65.2 Å². The van der Waals surface area contributed by atoms with Gasteiger partial charge in [0.2, 0.25) is 0 Å². The minimum Gasteiger partial charge on any atom is -0.484 e. The molecule has 2 N–H and O–H groups in total. The van der Waals surface area contributed by atoms with Gasteiger partial charge < -0.3 is 15.0 Å². The number of rotatable bonds is 8. The predicted molar refractivity (Wildman–Crippen MR) is 114 cm³/mol. The molecule has 2 aromatic carbocycles. The molecule has 0 unspecified atom stereocenters. The van der Waals surface area contributed by atoms with Crippen molar-refractivity contribution in [3.8, 4) is 5.75 Å². The third-order valence-electron chi connectivity index (χ3n) is 4.21. The first kappa shape index (κ1) is 20.1. The van der Waals surface area contributed by atoms with E-state index in [0.717, 1.165) is 17.9 Å². The highest BCUT2D eigenvalue weighted by atomic mass is 32.2. The molecule has 0 atom stereocenters. The van der Waals surface area contributed by atoms with Gasteiger partial charge in [0.15, 0.2) is 6.61 Å². The number of benzene rings is 2.